The quantitative estimate of drug-likeness (QED) is 0.400. The van der Waals surface area contributed by atoms with Crippen molar-refractivity contribution in [2.75, 3.05) is 19.6 Å². The van der Waals surface area contributed by atoms with Crippen molar-refractivity contribution in [2.24, 2.45) is 0 Å². The molecule has 174 valence electrons. The third-order valence-corrected chi connectivity index (χ3v) is 6.97. The number of carbonyl (C=O) groups is 1. The van der Waals surface area contributed by atoms with Crippen LogP contribution in [-0.4, -0.2) is 40.0 Å². The minimum Gasteiger partial charge on any atom is -0.345 e. The molecule has 1 saturated heterocycles. The average Bonchev–Trinajstić information content (AvgIpc) is 3.23. The summed E-state index contributed by atoms with van der Waals surface area (Å²) in [5.74, 6) is 1.09. The van der Waals surface area contributed by atoms with Crippen molar-refractivity contribution < 1.29 is 4.79 Å². The first-order valence-corrected chi connectivity index (χ1v) is 12.3. The minimum absolute atomic E-state index is 0.00790. The predicted octanol–water partition coefficient (Wildman–Crippen LogP) is 5.54. The topological polar surface area (TPSA) is 50.2 Å². The highest BCUT2D eigenvalue weighted by Gasteiger charge is 2.24. The van der Waals surface area contributed by atoms with Crippen molar-refractivity contribution in [3.8, 4) is 0 Å². The number of fused-ring (bicyclic) bond motifs is 1. The molecular weight excluding hydrogens is 420 g/mol. The Morgan fingerprint density at radius 2 is 1.59 bits per heavy atom. The van der Waals surface area contributed by atoms with Crippen LogP contribution < -0.4 is 5.32 Å². The Morgan fingerprint density at radius 1 is 0.941 bits per heavy atom. The van der Waals surface area contributed by atoms with Gasteiger partial charge in [0.2, 0.25) is 0 Å². The molecule has 0 saturated carbocycles. The first kappa shape index (κ1) is 22.4. The van der Waals surface area contributed by atoms with Gasteiger partial charge in [-0.05, 0) is 56.0 Å². The molecule has 5 rings (SSSR count). The molecular formula is C29H32N4O. The summed E-state index contributed by atoms with van der Waals surface area (Å²) in [7, 11) is 0. The molecule has 34 heavy (non-hydrogen) atoms. The Kier molecular flexibility index (Phi) is 6.72. The van der Waals surface area contributed by atoms with Crippen LogP contribution >= 0.6 is 0 Å². The number of nitrogens with one attached hydrogen (secondary N) is 1. The van der Waals surface area contributed by atoms with Gasteiger partial charge in [-0.25, -0.2) is 4.98 Å². The van der Waals surface area contributed by atoms with Crippen LogP contribution in [0.1, 0.15) is 53.1 Å². The average molecular weight is 453 g/mol. The Labute approximate surface area is 201 Å². The number of amides is 1. The number of carbonyl (C=O) groups excluding carboxylic acids is 1. The summed E-state index contributed by atoms with van der Waals surface area (Å²) in [4.78, 5) is 20.2. The third kappa shape index (κ3) is 4.90. The van der Waals surface area contributed by atoms with Crippen molar-refractivity contribution in [3.63, 3.8) is 0 Å². The first-order valence-electron chi connectivity index (χ1n) is 12.3. The van der Waals surface area contributed by atoms with Gasteiger partial charge in [-0.1, -0.05) is 60.7 Å². The highest BCUT2D eigenvalue weighted by Crippen LogP contribution is 2.29. The van der Waals surface area contributed by atoms with E-state index in [4.69, 9.17) is 4.98 Å². The van der Waals surface area contributed by atoms with Gasteiger partial charge in [0, 0.05) is 31.2 Å². The Balaban J connectivity index is 1.22. The lowest BCUT2D eigenvalue weighted by atomic mass is 10.0. The highest BCUT2D eigenvalue weighted by atomic mass is 16.1. The van der Waals surface area contributed by atoms with Crippen LogP contribution in [-0.2, 0) is 0 Å². The number of aromatic nitrogens is 2. The van der Waals surface area contributed by atoms with Gasteiger partial charge in [0.25, 0.3) is 5.91 Å². The van der Waals surface area contributed by atoms with E-state index in [-0.39, 0.29) is 11.9 Å². The van der Waals surface area contributed by atoms with Gasteiger partial charge in [-0.15, -0.1) is 0 Å². The van der Waals surface area contributed by atoms with E-state index in [1.165, 1.54) is 5.52 Å². The maximum Gasteiger partial charge on any atom is 0.251 e. The number of aryl methyl sites for hydroxylation is 1. The Hall–Kier alpha value is -3.44. The van der Waals surface area contributed by atoms with Gasteiger partial charge in [0.1, 0.15) is 5.82 Å². The predicted molar refractivity (Wildman–Crippen MR) is 137 cm³/mol. The standard InChI is InChI=1S/C29H32N4O/c1-22-30-27-14-8-9-15-28(27)33(22)25-16-19-32(20-17-25)21-18-26(23-10-4-2-5-11-23)31-29(34)24-12-6-3-7-13-24/h2-15,25-26H,16-21H2,1H3,(H,31,34)/t26-/m1/s1. The molecule has 0 aliphatic carbocycles. The molecule has 0 radical (unpaired) electrons. The number of para-hydroxylation sites is 2. The van der Waals surface area contributed by atoms with Gasteiger partial charge in [0.15, 0.2) is 0 Å². The maximum absolute atomic E-state index is 12.9. The van der Waals surface area contributed by atoms with E-state index >= 15 is 0 Å². The van der Waals surface area contributed by atoms with Gasteiger partial charge in [-0.2, -0.15) is 0 Å². The summed E-state index contributed by atoms with van der Waals surface area (Å²) in [5.41, 5.74) is 4.18. The number of imidazole rings is 1. The van der Waals surface area contributed by atoms with E-state index in [0.29, 0.717) is 11.6 Å². The van der Waals surface area contributed by atoms with Crippen molar-refractivity contribution >= 4 is 16.9 Å². The van der Waals surface area contributed by atoms with Gasteiger partial charge in [0.05, 0.1) is 17.1 Å². The summed E-state index contributed by atoms with van der Waals surface area (Å²) in [6, 6.07) is 28.7. The summed E-state index contributed by atoms with van der Waals surface area (Å²) < 4.78 is 2.43. The Bertz CT molecular complexity index is 1230. The second kappa shape index (κ2) is 10.2. The smallest absolute Gasteiger partial charge is 0.251 e. The maximum atomic E-state index is 12.9. The minimum atomic E-state index is -0.0179. The lowest BCUT2D eigenvalue weighted by Gasteiger charge is -2.34. The van der Waals surface area contributed by atoms with Crippen LogP contribution in [0.25, 0.3) is 11.0 Å². The highest BCUT2D eigenvalue weighted by molar-refractivity contribution is 5.94. The van der Waals surface area contributed by atoms with Crippen LogP contribution in [0, 0.1) is 6.92 Å². The molecule has 2 heterocycles. The molecule has 4 aromatic rings. The second-order valence-electron chi connectivity index (χ2n) is 9.18. The van der Waals surface area contributed by atoms with E-state index in [1.807, 2.05) is 48.5 Å². The molecule has 0 unspecified atom stereocenters. The van der Waals surface area contributed by atoms with Crippen LogP contribution in [0.3, 0.4) is 0 Å². The summed E-state index contributed by atoms with van der Waals surface area (Å²) in [6.45, 7) is 5.20. The number of rotatable bonds is 7. The molecule has 1 atom stereocenters. The number of piperidine rings is 1. The van der Waals surface area contributed by atoms with Crippen LogP contribution in [0.4, 0.5) is 0 Å². The molecule has 0 bridgehead atoms. The van der Waals surface area contributed by atoms with E-state index in [9.17, 15) is 4.79 Å². The molecule has 1 aliphatic rings. The summed E-state index contributed by atoms with van der Waals surface area (Å²) >= 11 is 0. The fourth-order valence-corrected chi connectivity index (χ4v) is 5.18. The van der Waals surface area contributed by atoms with E-state index in [2.05, 4.69) is 58.1 Å². The molecule has 1 amide bonds. The van der Waals surface area contributed by atoms with E-state index in [0.717, 1.165) is 55.8 Å². The molecule has 5 heteroatoms. The number of benzene rings is 3. The molecule has 1 N–H and O–H groups in total. The number of likely N-dealkylation sites (tertiary alicyclic amines) is 1. The van der Waals surface area contributed by atoms with Crippen LogP contribution in [0.5, 0.6) is 0 Å². The number of hydrogen-bond donors (Lipinski definition) is 1. The monoisotopic (exact) mass is 452 g/mol. The summed E-state index contributed by atoms with van der Waals surface area (Å²) in [6.07, 6.45) is 3.13. The zero-order valence-corrected chi connectivity index (χ0v) is 19.7. The van der Waals surface area contributed by atoms with Gasteiger partial charge < -0.3 is 14.8 Å². The Morgan fingerprint density at radius 3 is 2.32 bits per heavy atom. The van der Waals surface area contributed by atoms with Crippen molar-refractivity contribution in [2.45, 2.75) is 38.3 Å². The van der Waals surface area contributed by atoms with Gasteiger partial charge in [-0.3, -0.25) is 4.79 Å². The van der Waals surface area contributed by atoms with Crippen molar-refractivity contribution in [1.82, 2.24) is 19.8 Å². The second-order valence-corrected chi connectivity index (χ2v) is 9.18. The zero-order chi connectivity index (χ0) is 23.3. The molecule has 1 aromatic heterocycles. The third-order valence-electron chi connectivity index (χ3n) is 6.97. The molecule has 1 aliphatic heterocycles. The number of hydrogen-bond acceptors (Lipinski definition) is 3. The normalized spacial score (nSPS) is 15.9. The summed E-state index contributed by atoms with van der Waals surface area (Å²) in [5, 5.41) is 3.27. The largest absolute Gasteiger partial charge is 0.345 e. The fraction of sp³-hybridized carbons (Fsp3) is 0.310. The van der Waals surface area contributed by atoms with Crippen LogP contribution in [0.2, 0.25) is 0 Å². The zero-order valence-electron chi connectivity index (χ0n) is 19.7. The molecule has 3 aromatic carbocycles. The van der Waals surface area contributed by atoms with Crippen molar-refractivity contribution in [3.05, 3.63) is 102 Å². The molecule has 1 fully saturated rings. The lowest BCUT2D eigenvalue weighted by molar-refractivity contribution is 0.0929. The fourth-order valence-electron chi connectivity index (χ4n) is 5.18. The SMILES string of the molecule is Cc1nc2ccccc2n1C1CCN(CC[C@@H](NC(=O)c2ccccc2)c2ccccc2)CC1. The van der Waals surface area contributed by atoms with Crippen LogP contribution in [0.15, 0.2) is 84.9 Å². The molecule has 0 spiro atoms. The van der Waals surface area contributed by atoms with Gasteiger partial charge >= 0.3 is 0 Å². The van der Waals surface area contributed by atoms with E-state index in [1.54, 1.807) is 0 Å². The lowest BCUT2D eigenvalue weighted by Crippen LogP contribution is -2.37. The van der Waals surface area contributed by atoms with E-state index < -0.39 is 0 Å². The van der Waals surface area contributed by atoms with Crippen molar-refractivity contribution in [1.29, 1.82) is 0 Å². The first-order chi connectivity index (χ1) is 16.7. The molecule has 5 nitrogen and oxygen atoms in total. The number of nitrogens with zero attached hydrogens (tertiary/aromatic N) is 3.